The van der Waals surface area contributed by atoms with Crippen LogP contribution in [-0.4, -0.2) is 23.0 Å². The number of carboxylic acids is 1. The van der Waals surface area contributed by atoms with Crippen LogP contribution in [0.4, 0.5) is 0 Å². The lowest BCUT2D eigenvalue weighted by Gasteiger charge is -2.14. The number of nitrogens with one attached hydrogen (secondary N) is 1. The number of thiophene rings is 1. The fourth-order valence-corrected chi connectivity index (χ4v) is 5.18. The summed E-state index contributed by atoms with van der Waals surface area (Å²) in [5.74, 6) is -0.805. The second-order valence-electron chi connectivity index (χ2n) is 8.86. The van der Waals surface area contributed by atoms with E-state index in [1.54, 1.807) is 6.07 Å². The first kappa shape index (κ1) is 25.5. The zero-order chi connectivity index (χ0) is 26.5. The summed E-state index contributed by atoms with van der Waals surface area (Å²) in [5, 5.41) is 14.0. The maximum absolute atomic E-state index is 13.0. The van der Waals surface area contributed by atoms with Gasteiger partial charge >= 0.3 is 5.97 Å². The van der Waals surface area contributed by atoms with Gasteiger partial charge < -0.3 is 15.2 Å². The summed E-state index contributed by atoms with van der Waals surface area (Å²) in [6.45, 7) is 0.449. The van der Waals surface area contributed by atoms with E-state index in [0.717, 1.165) is 32.3 Å². The molecule has 1 aromatic heterocycles. The van der Waals surface area contributed by atoms with Crippen LogP contribution >= 0.6 is 22.9 Å². The molecule has 2 N–H and O–H groups in total. The molecule has 7 heteroatoms. The second kappa shape index (κ2) is 11.5. The molecule has 0 saturated heterocycles. The van der Waals surface area contributed by atoms with Crippen LogP contribution in [0.2, 0.25) is 5.02 Å². The third-order valence-electron chi connectivity index (χ3n) is 6.13. The topological polar surface area (TPSA) is 75.6 Å². The molecule has 0 spiro atoms. The van der Waals surface area contributed by atoms with Crippen LogP contribution in [0.15, 0.2) is 103 Å². The average molecular weight is 542 g/mol. The van der Waals surface area contributed by atoms with Crippen molar-refractivity contribution >= 4 is 44.9 Å². The number of carboxylic acid groups (broad SMARTS) is 1. The van der Waals surface area contributed by atoms with E-state index in [0.29, 0.717) is 22.3 Å². The summed E-state index contributed by atoms with van der Waals surface area (Å²) in [6, 6.07) is 31.4. The van der Waals surface area contributed by atoms with E-state index in [-0.39, 0.29) is 6.42 Å². The first-order valence-electron chi connectivity index (χ1n) is 12.0. The number of benzene rings is 4. The van der Waals surface area contributed by atoms with Gasteiger partial charge in [-0.15, -0.1) is 11.3 Å². The Kier molecular flexibility index (Phi) is 7.73. The van der Waals surface area contributed by atoms with Crippen molar-refractivity contribution in [2.24, 2.45) is 0 Å². The van der Waals surface area contributed by atoms with E-state index in [4.69, 9.17) is 16.3 Å². The van der Waals surface area contributed by atoms with E-state index in [9.17, 15) is 14.7 Å². The third-order valence-corrected chi connectivity index (χ3v) is 7.50. The third kappa shape index (κ3) is 6.22. The number of fused-ring (bicyclic) bond motifs is 1. The summed E-state index contributed by atoms with van der Waals surface area (Å²) >= 11 is 7.33. The van der Waals surface area contributed by atoms with E-state index >= 15 is 0 Å². The standard InChI is InChI=1S/C31H24ClNO4S/c32-25-11-8-22(9-12-25)23-10-15-28-24(17-23)18-29(38-28)30(34)33-27(31(35)36)16-20-6-13-26(14-7-20)37-19-21-4-2-1-3-5-21/h1-15,17-18,27H,16,19H2,(H,33,34)(H,35,36). The zero-order valence-electron chi connectivity index (χ0n) is 20.3. The van der Waals surface area contributed by atoms with Crippen LogP contribution in [0.25, 0.3) is 21.2 Å². The lowest BCUT2D eigenvalue weighted by molar-refractivity contribution is -0.139. The quantitative estimate of drug-likeness (QED) is 0.206. The molecule has 0 fully saturated rings. The van der Waals surface area contributed by atoms with Gasteiger partial charge in [-0.1, -0.05) is 72.3 Å². The van der Waals surface area contributed by atoms with Crippen LogP contribution in [0, 0.1) is 0 Å². The molecular formula is C31H24ClNO4S. The van der Waals surface area contributed by atoms with Crippen molar-refractivity contribution in [2.45, 2.75) is 19.1 Å². The van der Waals surface area contributed by atoms with Gasteiger partial charge in [0.25, 0.3) is 5.91 Å². The summed E-state index contributed by atoms with van der Waals surface area (Å²) in [5.41, 5.74) is 3.89. The summed E-state index contributed by atoms with van der Waals surface area (Å²) in [7, 11) is 0. The van der Waals surface area contributed by atoms with Crippen molar-refractivity contribution in [1.29, 1.82) is 0 Å². The molecule has 0 aliphatic heterocycles. The molecule has 0 aliphatic carbocycles. The van der Waals surface area contributed by atoms with Gasteiger partial charge in [0.15, 0.2) is 0 Å². The maximum Gasteiger partial charge on any atom is 0.326 e. The first-order chi connectivity index (χ1) is 18.4. The zero-order valence-corrected chi connectivity index (χ0v) is 21.8. The fraction of sp³-hybridized carbons (Fsp3) is 0.0968. The minimum absolute atomic E-state index is 0.158. The number of carbonyl (C=O) groups is 2. The van der Waals surface area contributed by atoms with Crippen LogP contribution in [0.5, 0.6) is 5.75 Å². The van der Waals surface area contributed by atoms with Crippen LogP contribution < -0.4 is 10.1 Å². The van der Waals surface area contributed by atoms with Gasteiger partial charge in [0.1, 0.15) is 18.4 Å². The summed E-state index contributed by atoms with van der Waals surface area (Å²) in [4.78, 5) is 25.4. The number of hydrogen-bond donors (Lipinski definition) is 2. The Balaban J connectivity index is 1.24. The van der Waals surface area contributed by atoms with Gasteiger partial charge in [-0.05, 0) is 70.1 Å². The van der Waals surface area contributed by atoms with Gasteiger partial charge in [0.05, 0.1) is 4.88 Å². The summed E-state index contributed by atoms with van der Waals surface area (Å²) < 4.78 is 6.75. The number of aliphatic carboxylic acids is 1. The lowest BCUT2D eigenvalue weighted by Crippen LogP contribution is -2.42. The van der Waals surface area contributed by atoms with E-state index in [1.807, 2.05) is 97.1 Å². The smallest absolute Gasteiger partial charge is 0.326 e. The van der Waals surface area contributed by atoms with E-state index < -0.39 is 17.9 Å². The molecule has 5 aromatic rings. The second-order valence-corrected chi connectivity index (χ2v) is 10.4. The van der Waals surface area contributed by atoms with Crippen molar-refractivity contribution in [1.82, 2.24) is 5.32 Å². The van der Waals surface area contributed by atoms with E-state index in [1.165, 1.54) is 11.3 Å². The molecule has 1 heterocycles. The molecule has 1 amide bonds. The highest BCUT2D eigenvalue weighted by Gasteiger charge is 2.22. The molecule has 5 nitrogen and oxygen atoms in total. The molecule has 190 valence electrons. The Morgan fingerprint density at radius 1 is 0.842 bits per heavy atom. The van der Waals surface area contributed by atoms with E-state index in [2.05, 4.69) is 5.32 Å². The normalized spacial score (nSPS) is 11.7. The number of amides is 1. The number of rotatable bonds is 9. The molecule has 5 rings (SSSR count). The molecule has 4 aromatic carbocycles. The Hall–Kier alpha value is -4.13. The van der Waals surface area contributed by atoms with Crippen molar-refractivity contribution in [3.63, 3.8) is 0 Å². The minimum Gasteiger partial charge on any atom is -0.489 e. The number of halogens is 1. The Labute approximate surface area is 229 Å². The molecule has 0 radical (unpaired) electrons. The highest BCUT2D eigenvalue weighted by atomic mass is 35.5. The molecule has 0 saturated carbocycles. The lowest BCUT2D eigenvalue weighted by atomic mass is 10.0. The predicted octanol–water partition coefficient (Wildman–Crippen LogP) is 7.23. The number of carbonyl (C=O) groups excluding carboxylic acids is 1. The predicted molar refractivity (Wildman–Crippen MR) is 152 cm³/mol. The van der Waals surface area contributed by atoms with Crippen molar-refractivity contribution in [2.75, 3.05) is 0 Å². The molecule has 1 atom stereocenters. The summed E-state index contributed by atoms with van der Waals surface area (Å²) in [6.07, 6.45) is 0.158. The molecule has 0 bridgehead atoms. The Morgan fingerprint density at radius 2 is 1.55 bits per heavy atom. The van der Waals surface area contributed by atoms with Crippen molar-refractivity contribution in [3.8, 4) is 16.9 Å². The minimum atomic E-state index is -1.09. The van der Waals surface area contributed by atoms with Gasteiger partial charge in [-0.2, -0.15) is 0 Å². The monoisotopic (exact) mass is 541 g/mol. The van der Waals surface area contributed by atoms with Crippen molar-refractivity contribution < 1.29 is 19.4 Å². The highest BCUT2D eigenvalue weighted by Crippen LogP contribution is 2.31. The molecule has 1 unspecified atom stereocenters. The van der Waals surface area contributed by atoms with Crippen LogP contribution in [0.1, 0.15) is 20.8 Å². The van der Waals surface area contributed by atoms with Crippen LogP contribution in [0.3, 0.4) is 0 Å². The van der Waals surface area contributed by atoms with Gasteiger partial charge in [-0.25, -0.2) is 4.79 Å². The maximum atomic E-state index is 13.0. The number of ether oxygens (including phenoxy) is 1. The van der Waals surface area contributed by atoms with Gasteiger partial charge in [0, 0.05) is 16.1 Å². The SMILES string of the molecule is O=C(NC(Cc1ccc(OCc2ccccc2)cc1)C(=O)O)c1cc2cc(-c3ccc(Cl)cc3)ccc2s1. The van der Waals surface area contributed by atoms with Gasteiger partial charge in [0.2, 0.25) is 0 Å². The molecule has 38 heavy (non-hydrogen) atoms. The van der Waals surface area contributed by atoms with Crippen molar-refractivity contribution in [3.05, 3.63) is 124 Å². The Bertz CT molecular complexity index is 1560. The molecular weight excluding hydrogens is 518 g/mol. The fourth-order valence-electron chi connectivity index (χ4n) is 4.10. The highest BCUT2D eigenvalue weighted by molar-refractivity contribution is 7.20. The van der Waals surface area contributed by atoms with Crippen LogP contribution in [-0.2, 0) is 17.8 Å². The number of hydrogen-bond acceptors (Lipinski definition) is 4. The Morgan fingerprint density at radius 3 is 2.26 bits per heavy atom. The molecule has 0 aliphatic rings. The van der Waals surface area contributed by atoms with Gasteiger partial charge in [-0.3, -0.25) is 4.79 Å². The largest absolute Gasteiger partial charge is 0.489 e. The average Bonchev–Trinajstić information content (AvgIpc) is 3.37. The first-order valence-corrected chi connectivity index (χ1v) is 13.2.